The zero-order valence-corrected chi connectivity index (χ0v) is 8.77. The van der Waals surface area contributed by atoms with Crippen molar-refractivity contribution in [1.82, 2.24) is 0 Å². The molecule has 1 nitrogen and oxygen atoms in total. The van der Waals surface area contributed by atoms with Crippen LogP contribution in [0.5, 0.6) is 0 Å². The molecule has 1 aliphatic heterocycles. The fourth-order valence-electron chi connectivity index (χ4n) is 2.07. The zero-order chi connectivity index (χ0) is 9.60. The molecule has 0 saturated heterocycles. The number of hydrogen-bond donors (Lipinski definition) is 0. The van der Waals surface area contributed by atoms with E-state index in [1.165, 1.54) is 23.3 Å². The van der Waals surface area contributed by atoms with Crippen LogP contribution in [-0.2, 0) is 11.2 Å². The summed E-state index contributed by atoms with van der Waals surface area (Å²) in [4.78, 5) is 13.0. The van der Waals surface area contributed by atoms with E-state index in [1.807, 2.05) is 17.8 Å². The molecule has 0 aromatic heterocycles. The smallest absolute Gasteiger partial charge is 0.138 e. The van der Waals surface area contributed by atoms with Crippen LogP contribution in [0.3, 0.4) is 0 Å². The van der Waals surface area contributed by atoms with Crippen LogP contribution in [0.2, 0.25) is 0 Å². The molecular formula is C12H12OS. The summed E-state index contributed by atoms with van der Waals surface area (Å²) in [5.41, 5.74) is 1.23. The molecule has 1 saturated carbocycles. The second-order valence-electron chi connectivity index (χ2n) is 4.29. The van der Waals surface area contributed by atoms with Crippen molar-refractivity contribution in [3.63, 3.8) is 0 Å². The van der Waals surface area contributed by atoms with Gasteiger partial charge in [0, 0.05) is 22.5 Å². The largest absolute Gasteiger partial charge is 0.299 e. The lowest BCUT2D eigenvalue weighted by molar-refractivity contribution is -0.118. The molecule has 72 valence electrons. The van der Waals surface area contributed by atoms with Crippen molar-refractivity contribution in [3.05, 3.63) is 29.8 Å². The first-order chi connectivity index (χ1) is 6.77. The minimum absolute atomic E-state index is 0.295. The van der Waals surface area contributed by atoms with Crippen LogP contribution >= 0.6 is 11.8 Å². The van der Waals surface area contributed by atoms with E-state index < -0.39 is 0 Å². The highest BCUT2D eigenvalue weighted by molar-refractivity contribution is 8.01. The molecule has 2 aliphatic rings. The number of carbonyl (C=O) groups excluding carboxylic acids is 1. The van der Waals surface area contributed by atoms with E-state index in [4.69, 9.17) is 0 Å². The Balaban J connectivity index is 2.04. The lowest BCUT2D eigenvalue weighted by Gasteiger charge is -2.09. The Morgan fingerprint density at radius 1 is 1.21 bits per heavy atom. The number of thioether (sulfide) groups is 1. The summed E-state index contributed by atoms with van der Waals surface area (Å²) in [5.74, 6) is 0.417. The van der Waals surface area contributed by atoms with Crippen LogP contribution in [-0.4, -0.2) is 10.5 Å². The van der Waals surface area contributed by atoms with Gasteiger partial charge in [-0.25, -0.2) is 0 Å². The second-order valence-corrected chi connectivity index (χ2v) is 5.80. The maximum Gasteiger partial charge on any atom is 0.138 e. The molecular weight excluding hydrogens is 192 g/mol. The Morgan fingerprint density at radius 2 is 2.00 bits per heavy atom. The molecule has 0 bridgehead atoms. The molecule has 14 heavy (non-hydrogen) atoms. The number of ketones is 1. The standard InChI is InChI=1S/C12H12OS/c13-10-7-9-3-1-2-4-11(9)14-12(8-10)5-6-12/h1-4H,5-8H2. The predicted molar refractivity (Wildman–Crippen MR) is 57.6 cm³/mol. The fourth-order valence-corrected chi connectivity index (χ4v) is 3.50. The van der Waals surface area contributed by atoms with Crippen LogP contribution in [0.15, 0.2) is 29.2 Å². The van der Waals surface area contributed by atoms with Gasteiger partial charge in [0.25, 0.3) is 0 Å². The van der Waals surface area contributed by atoms with Gasteiger partial charge in [0.05, 0.1) is 0 Å². The zero-order valence-electron chi connectivity index (χ0n) is 7.95. The molecule has 1 aromatic rings. The van der Waals surface area contributed by atoms with Crippen LogP contribution < -0.4 is 0 Å². The van der Waals surface area contributed by atoms with Crippen molar-refractivity contribution in [3.8, 4) is 0 Å². The Bertz CT molecular complexity index is 393. The van der Waals surface area contributed by atoms with Crippen molar-refractivity contribution in [1.29, 1.82) is 0 Å². The SMILES string of the molecule is O=C1Cc2ccccc2SC2(CC2)C1. The molecule has 1 aromatic carbocycles. The molecule has 2 heteroatoms. The molecule has 0 N–H and O–H groups in total. The number of hydrogen-bond acceptors (Lipinski definition) is 2. The van der Waals surface area contributed by atoms with Gasteiger partial charge in [-0.3, -0.25) is 4.79 Å². The van der Waals surface area contributed by atoms with Gasteiger partial charge in [0.15, 0.2) is 0 Å². The van der Waals surface area contributed by atoms with E-state index in [2.05, 4.69) is 18.2 Å². The molecule has 0 radical (unpaired) electrons. The van der Waals surface area contributed by atoms with Crippen molar-refractivity contribution >= 4 is 17.5 Å². The first kappa shape index (κ1) is 8.54. The van der Waals surface area contributed by atoms with Crippen LogP contribution in [0.4, 0.5) is 0 Å². The Morgan fingerprint density at radius 3 is 2.79 bits per heavy atom. The van der Waals surface area contributed by atoms with Gasteiger partial charge in [-0.15, -0.1) is 11.8 Å². The van der Waals surface area contributed by atoms with E-state index in [1.54, 1.807) is 0 Å². The number of benzene rings is 1. The van der Waals surface area contributed by atoms with Gasteiger partial charge < -0.3 is 0 Å². The molecule has 3 rings (SSSR count). The Hall–Kier alpha value is -0.760. The molecule has 0 amide bonds. The van der Waals surface area contributed by atoms with E-state index in [0.717, 1.165) is 6.42 Å². The van der Waals surface area contributed by atoms with Gasteiger partial charge in [0.1, 0.15) is 5.78 Å². The lowest BCUT2D eigenvalue weighted by Crippen LogP contribution is -2.09. The van der Waals surface area contributed by atoms with Gasteiger partial charge in [-0.05, 0) is 24.5 Å². The third-order valence-electron chi connectivity index (χ3n) is 3.01. The molecule has 0 unspecified atom stereocenters. The van der Waals surface area contributed by atoms with Crippen molar-refractivity contribution < 1.29 is 4.79 Å². The molecule has 0 atom stereocenters. The summed E-state index contributed by atoms with van der Waals surface area (Å²) in [6.07, 6.45) is 3.87. The van der Waals surface area contributed by atoms with Gasteiger partial charge in [-0.2, -0.15) is 0 Å². The second kappa shape index (κ2) is 2.86. The minimum atomic E-state index is 0.295. The number of Topliss-reactive ketones (excluding diaryl/α,β-unsaturated/α-hetero) is 1. The van der Waals surface area contributed by atoms with Crippen molar-refractivity contribution in [2.75, 3.05) is 0 Å². The first-order valence-corrected chi connectivity index (χ1v) is 5.88. The van der Waals surface area contributed by atoms with Gasteiger partial charge in [0.2, 0.25) is 0 Å². The summed E-state index contributed by atoms with van der Waals surface area (Å²) in [6, 6.07) is 8.33. The molecule has 1 spiro atoms. The summed E-state index contributed by atoms with van der Waals surface area (Å²) in [7, 11) is 0. The molecule has 1 heterocycles. The molecule has 1 fully saturated rings. The highest BCUT2D eigenvalue weighted by Gasteiger charge is 2.46. The summed E-state index contributed by atoms with van der Waals surface area (Å²) in [6.45, 7) is 0. The van der Waals surface area contributed by atoms with Crippen LogP contribution in [0, 0.1) is 0 Å². The normalized spacial score (nSPS) is 23.0. The minimum Gasteiger partial charge on any atom is -0.299 e. The fraction of sp³-hybridized carbons (Fsp3) is 0.417. The summed E-state index contributed by atoms with van der Waals surface area (Å²) < 4.78 is 0.295. The highest BCUT2D eigenvalue weighted by Crippen LogP contribution is 2.56. The number of fused-ring (bicyclic) bond motifs is 1. The maximum atomic E-state index is 11.7. The number of carbonyl (C=O) groups is 1. The van der Waals surface area contributed by atoms with E-state index in [0.29, 0.717) is 17.0 Å². The van der Waals surface area contributed by atoms with Crippen LogP contribution in [0.1, 0.15) is 24.8 Å². The van der Waals surface area contributed by atoms with Crippen molar-refractivity contribution in [2.45, 2.75) is 35.3 Å². The highest BCUT2D eigenvalue weighted by atomic mass is 32.2. The quantitative estimate of drug-likeness (QED) is 0.646. The topological polar surface area (TPSA) is 17.1 Å². The third kappa shape index (κ3) is 1.38. The lowest BCUT2D eigenvalue weighted by atomic mass is 10.1. The van der Waals surface area contributed by atoms with E-state index in [9.17, 15) is 4.79 Å². The van der Waals surface area contributed by atoms with Gasteiger partial charge >= 0.3 is 0 Å². The van der Waals surface area contributed by atoms with E-state index in [-0.39, 0.29) is 0 Å². The monoisotopic (exact) mass is 204 g/mol. The average molecular weight is 204 g/mol. The predicted octanol–water partition coefficient (Wildman–Crippen LogP) is 2.83. The van der Waals surface area contributed by atoms with E-state index >= 15 is 0 Å². The Labute approximate surface area is 87.9 Å². The van der Waals surface area contributed by atoms with Gasteiger partial charge in [-0.1, -0.05) is 18.2 Å². The third-order valence-corrected chi connectivity index (χ3v) is 4.62. The number of rotatable bonds is 0. The first-order valence-electron chi connectivity index (χ1n) is 5.06. The van der Waals surface area contributed by atoms with Crippen molar-refractivity contribution in [2.24, 2.45) is 0 Å². The maximum absolute atomic E-state index is 11.7. The van der Waals surface area contributed by atoms with Crippen LogP contribution in [0.25, 0.3) is 0 Å². The summed E-state index contributed by atoms with van der Waals surface area (Å²) >= 11 is 1.93. The molecule has 1 aliphatic carbocycles. The Kier molecular flexibility index (Phi) is 1.75. The average Bonchev–Trinajstić information content (AvgIpc) is 2.90. The summed E-state index contributed by atoms with van der Waals surface area (Å²) in [5, 5.41) is 0.